The number of carbonyl (C=O) groups excluding carboxylic acids is 2. The van der Waals surface area contributed by atoms with Crippen molar-refractivity contribution in [2.45, 2.75) is 26.7 Å². The first-order valence-electron chi connectivity index (χ1n) is 6.29. The molecule has 0 aliphatic rings. The van der Waals surface area contributed by atoms with E-state index in [1.807, 2.05) is 6.92 Å². The Morgan fingerprint density at radius 3 is 2.15 bits per heavy atom. The summed E-state index contributed by atoms with van der Waals surface area (Å²) in [6.45, 7) is 3.39. The molecule has 8 nitrogen and oxygen atoms in total. The van der Waals surface area contributed by atoms with Gasteiger partial charge in [0.25, 0.3) is 0 Å². The normalized spacial score (nSPS) is 10.3. The number of anilines is 2. The second-order valence-corrected chi connectivity index (χ2v) is 4.51. The van der Waals surface area contributed by atoms with Gasteiger partial charge in [-0.3, -0.25) is 9.59 Å². The molecule has 0 unspecified atom stereocenters. The number of rotatable bonds is 7. The number of amides is 2. The summed E-state index contributed by atoms with van der Waals surface area (Å²) in [4.78, 5) is 32.2. The standard InChI is InChI=1S/C12H20N6O2/c1-3-4-10-16-11(15)7(2)12(17-10)18(5-8(13)19)6-9(14)20/h3-6H2,1-2H3,(H2,13,19)(H2,14,20)(H2,15,16,17). The molecule has 0 fully saturated rings. The van der Waals surface area contributed by atoms with Gasteiger partial charge in [0.05, 0.1) is 13.1 Å². The Morgan fingerprint density at radius 2 is 1.70 bits per heavy atom. The van der Waals surface area contributed by atoms with Crippen LogP contribution in [0.15, 0.2) is 0 Å². The molecule has 110 valence electrons. The quantitative estimate of drug-likeness (QED) is 0.590. The van der Waals surface area contributed by atoms with Gasteiger partial charge in [-0.25, -0.2) is 9.97 Å². The van der Waals surface area contributed by atoms with Crippen LogP contribution in [-0.4, -0.2) is 34.9 Å². The van der Waals surface area contributed by atoms with Gasteiger partial charge in [-0.2, -0.15) is 0 Å². The van der Waals surface area contributed by atoms with Crippen molar-refractivity contribution in [3.05, 3.63) is 11.4 Å². The molecule has 0 bridgehead atoms. The van der Waals surface area contributed by atoms with Crippen molar-refractivity contribution in [2.75, 3.05) is 23.7 Å². The number of nitrogens with zero attached hydrogens (tertiary/aromatic N) is 3. The van der Waals surface area contributed by atoms with Crippen molar-refractivity contribution in [2.24, 2.45) is 11.5 Å². The number of primary amides is 2. The van der Waals surface area contributed by atoms with Crippen molar-refractivity contribution in [1.82, 2.24) is 9.97 Å². The lowest BCUT2D eigenvalue weighted by Crippen LogP contribution is -2.40. The predicted octanol–water partition coefficient (Wildman–Crippen LogP) is -0.903. The van der Waals surface area contributed by atoms with Crippen LogP contribution in [-0.2, 0) is 16.0 Å². The van der Waals surface area contributed by atoms with E-state index in [-0.39, 0.29) is 13.1 Å². The van der Waals surface area contributed by atoms with E-state index in [1.165, 1.54) is 4.90 Å². The summed E-state index contributed by atoms with van der Waals surface area (Å²) in [6, 6.07) is 0. The minimum Gasteiger partial charge on any atom is -0.383 e. The lowest BCUT2D eigenvalue weighted by molar-refractivity contribution is -0.117. The van der Waals surface area contributed by atoms with Crippen LogP contribution < -0.4 is 22.1 Å². The minimum absolute atomic E-state index is 0.161. The van der Waals surface area contributed by atoms with Gasteiger partial charge in [0.1, 0.15) is 17.5 Å². The molecule has 6 N–H and O–H groups in total. The highest BCUT2D eigenvalue weighted by atomic mass is 16.2. The summed E-state index contributed by atoms with van der Waals surface area (Å²) >= 11 is 0. The maximum absolute atomic E-state index is 11.1. The second-order valence-electron chi connectivity index (χ2n) is 4.51. The molecule has 1 rings (SSSR count). The summed E-state index contributed by atoms with van der Waals surface area (Å²) in [5, 5.41) is 0. The summed E-state index contributed by atoms with van der Waals surface area (Å²) < 4.78 is 0. The molecular formula is C12H20N6O2. The highest BCUT2D eigenvalue weighted by Crippen LogP contribution is 2.21. The number of hydrogen-bond acceptors (Lipinski definition) is 6. The average molecular weight is 280 g/mol. The highest BCUT2D eigenvalue weighted by Gasteiger charge is 2.18. The fourth-order valence-corrected chi connectivity index (χ4v) is 1.79. The van der Waals surface area contributed by atoms with Crippen LogP contribution >= 0.6 is 0 Å². The van der Waals surface area contributed by atoms with E-state index in [9.17, 15) is 9.59 Å². The van der Waals surface area contributed by atoms with Crippen molar-refractivity contribution < 1.29 is 9.59 Å². The van der Waals surface area contributed by atoms with Crippen LogP contribution in [0.2, 0.25) is 0 Å². The summed E-state index contributed by atoms with van der Waals surface area (Å²) in [6.07, 6.45) is 1.51. The molecule has 1 aromatic rings. The lowest BCUT2D eigenvalue weighted by atomic mass is 10.2. The van der Waals surface area contributed by atoms with Crippen LogP contribution in [0.1, 0.15) is 24.7 Å². The Hall–Kier alpha value is -2.38. The van der Waals surface area contributed by atoms with Gasteiger partial charge in [-0.1, -0.05) is 6.92 Å². The van der Waals surface area contributed by atoms with E-state index >= 15 is 0 Å². The number of hydrogen-bond donors (Lipinski definition) is 3. The number of nitrogen functional groups attached to an aromatic ring is 1. The van der Waals surface area contributed by atoms with Gasteiger partial charge in [0, 0.05) is 12.0 Å². The van der Waals surface area contributed by atoms with Crippen molar-refractivity contribution in [3.8, 4) is 0 Å². The molecule has 0 spiro atoms. The van der Waals surface area contributed by atoms with Gasteiger partial charge in [-0.05, 0) is 13.3 Å². The number of nitrogens with two attached hydrogens (primary N) is 3. The molecule has 0 saturated carbocycles. The second kappa shape index (κ2) is 6.69. The predicted molar refractivity (Wildman–Crippen MR) is 75.8 cm³/mol. The molecule has 0 saturated heterocycles. The zero-order chi connectivity index (χ0) is 15.3. The van der Waals surface area contributed by atoms with Gasteiger partial charge < -0.3 is 22.1 Å². The Balaban J connectivity index is 3.22. The van der Waals surface area contributed by atoms with Crippen molar-refractivity contribution in [3.63, 3.8) is 0 Å². The van der Waals surface area contributed by atoms with E-state index in [2.05, 4.69) is 9.97 Å². The SMILES string of the molecule is CCCc1nc(N)c(C)c(N(CC(N)=O)CC(N)=O)n1. The van der Waals surface area contributed by atoms with Crippen LogP contribution in [0.5, 0.6) is 0 Å². The first-order chi connectivity index (χ1) is 9.35. The molecule has 20 heavy (non-hydrogen) atoms. The van der Waals surface area contributed by atoms with Gasteiger partial charge in [0.2, 0.25) is 11.8 Å². The van der Waals surface area contributed by atoms with Crippen LogP contribution in [0, 0.1) is 6.92 Å². The molecule has 0 aromatic carbocycles. The Labute approximate surface area is 117 Å². The van der Waals surface area contributed by atoms with Crippen molar-refractivity contribution >= 4 is 23.5 Å². The highest BCUT2D eigenvalue weighted by molar-refractivity contribution is 5.85. The molecule has 1 aromatic heterocycles. The third kappa shape index (κ3) is 4.08. The third-order valence-corrected chi connectivity index (χ3v) is 2.67. The first-order valence-corrected chi connectivity index (χ1v) is 6.29. The summed E-state index contributed by atoms with van der Waals surface area (Å²) in [5.41, 5.74) is 16.8. The van der Waals surface area contributed by atoms with Crippen LogP contribution in [0.4, 0.5) is 11.6 Å². The van der Waals surface area contributed by atoms with Crippen LogP contribution in [0.3, 0.4) is 0 Å². The molecule has 0 aliphatic heterocycles. The first kappa shape index (κ1) is 15.7. The number of carbonyl (C=O) groups is 2. The number of aromatic nitrogens is 2. The van der Waals surface area contributed by atoms with Crippen LogP contribution in [0.25, 0.3) is 0 Å². The smallest absolute Gasteiger partial charge is 0.237 e. The van der Waals surface area contributed by atoms with E-state index < -0.39 is 11.8 Å². The Morgan fingerprint density at radius 1 is 1.15 bits per heavy atom. The molecule has 0 aliphatic carbocycles. The fraction of sp³-hybridized carbons (Fsp3) is 0.500. The molecular weight excluding hydrogens is 260 g/mol. The fourth-order valence-electron chi connectivity index (χ4n) is 1.79. The number of aryl methyl sites for hydroxylation is 1. The van der Waals surface area contributed by atoms with Gasteiger partial charge in [-0.15, -0.1) is 0 Å². The van der Waals surface area contributed by atoms with E-state index in [1.54, 1.807) is 6.92 Å². The minimum atomic E-state index is -0.583. The zero-order valence-corrected chi connectivity index (χ0v) is 11.7. The maximum atomic E-state index is 11.1. The van der Waals surface area contributed by atoms with Gasteiger partial charge in [0.15, 0.2) is 0 Å². The maximum Gasteiger partial charge on any atom is 0.237 e. The summed E-state index contributed by atoms with van der Waals surface area (Å²) in [7, 11) is 0. The molecule has 2 amide bonds. The monoisotopic (exact) mass is 280 g/mol. The van der Waals surface area contributed by atoms with E-state index in [0.29, 0.717) is 29.4 Å². The lowest BCUT2D eigenvalue weighted by Gasteiger charge is -2.23. The molecule has 1 heterocycles. The molecule has 0 atom stereocenters. The van der Waals surface area contributed by atoms with Gasteiger partial charge >= 0.3 is 0 Å². The van der Waals surface area contributed by atoms with Crippen molar-refractivity contribution in [1.29, 1.82) is 0 Å². The molecule has 8 heteroatoms. The van der Waals surface area contributed by atoms with E-state index in [0.717, 1.165) is 6.42 Å². The van der Waals surface area contributed by atoms with E-state index in [4.69, 9.17) is 17.2 Å². The third-order valence-electron chi connectivity index (χ3n) is 2.67. The zero-order valence-electron chi connectivity index (χ0n) is 11.7. The largest absolute Gasteiger partial charge is 0.383 e. The average Bonchev–Trinajstić information content (AvgIpc) is 2.32. The topological polar surface area (TPSA) is 141 Å². The Kier molecular flexibility index (Phi) is 5.24. The summed E-state index contributed by atoms with van der Waals surface area (Å²) in [5.74, 6) is 0.125. The Bertz CT molecular complexity index is 501. The molecule has 0 radical (unpaired) electrons.